The van der Waals surface area contributed by atoms with E-state index in [1.54, 1.807) is 0 Å². The molecule has 0 saturated carbocycles. The normalized spacial score (nSPS) is 12.1. The number of alkyl halides is 1. The van der Waals surface area contributed by atoms with Gasteiger partial charge in [-0.3, -0.25) is 0 Å². The van der Waals surface area contributed by atoms with Gasteiger partial charge in [0.1, 0.15) is 0 Å². The third-order valence-corrected chi connectivity index (χ3v) is 5.69. The summed E-state index contributed by atoms with van der Waals surface area (Å²) in [7, 11) is 0. The highest BCUT2D eigenvalue weighted by Gasteiger charge is 2.06. The largest absolute Gasteiger partial charge is 0.0823 e. The van der Waals surface area contributed by atoms with Crippen LogP contribution in [-0.2, 0) is 6.42 Å². The molecular formula is C23H23I. The Kier molecular flexibility index (Phi) is 5.72. The molecule has 0 aliphatic rings. The van der Waals surface area contributed by atoms with Crippen LogP contribution in [0.5, 0.6) is 0 Å². The summed E-state index contributed by atoms with van der Waals surface area (Å²) in [6.45, 7) is 4.43. The maximum absolute atomic E-state index is 2.54. The summed E-state index contributed by atoms with van der Waals surface area (Å²) in [6, 6.07) is 26.5. The van der Waals surface area contributed by atoms with E-state index in [2.05, 4.69) is 109 Å². The summed E-state index contributed by atoms with van der Waals surface area (Å²) in [4.78, 5) is 0. The van der Waals surface area contributed by atoms with Crippen molar-refractivity contribution in [1.82, 2.24) is 0 Å². The molecule has 0 amide bonds. The average Bonchev–Trinajstić information content (AvgIpc) is 2.62. The van der Waals surface area contributed by atoms with Crippen LogP contribution in [-0.4, -0.2) is 3.92 Å². The molecule has 0 bridgehead atoms. The molecule has 122 valence electrons. The van der Waals surface area contributed by atoms with Gasteiger partial charge >= 0.3 is 0 Å². The molecule has 3 aromatic rings. The second-order valence-electron chi connectivity index (χ2n) is 6.36. The predicted molar refractivity (Wildman–Crippen MR) is 114 cm³/mol. The Morgan fingerprint density at radius 1 is 0.750 bits per heavy atom. The number of rotatable bonds is 5. The Labute approximate surface area is 159 Å². The lowest BCUT2D eigenvalue weighted by Crippen LogP contribution is -1.99. The minimum atomic E-state index is 0.720. The molecule has 3 rings (SSSR count). The van der Waals surface area contributed by atoms with Crippen LogP contribution in [0.1, 0.15) is 24.5 Å². The van der Waals surface area contributed by atoms with Crippen molar-refractivity contribution in [3.8, 4) is 22.3 Å². The number of halogens is 1. The van der Waals surface area contributed by atoms with Gasteiger partial charge in [0, 0.05) is 3.92 Å². The van der Waals surface area contributed by atoms with Gasteiger partial charge in [0.15, 0.2) is 0 Å². The fourth-order valence-corrected chi connectivity index (χ4v) is 3.49. The van der Waals surface area contributed by atoms with Gasteiger partial charge in [-0.15, -0.1) is 0 Å². The van der Waals surface area contributed by atoms with Crippen molar-refractivity contribution in [2.24, 2.45) is 0 Å². The fourth-order valence-electron chi connectivity index (χ4n) is 2.98. The topological polar surface area (TPSA) is 0 Å². The molecule has 0 aliphatic carbocycles. The Hall–Kier alpha value is -1.61. The summed E-state index contributed by atoms with van der Waals surface area (Å²) in [5, 5.41) is 0. The van der Waals surface area contributed by atoms with Gasteiger partial charge in [-0.25, -0.2) is 0 Å². The van der Waals surface area contributed by atoms with Crippen molar-refractivity contribution >= 4 is 22.6 Å². The second kappa shape index (κ2) is 7.98. The SMILES string of the molecule is CC[C@H](I)Cc1ccc(-c2cc(C)cc(-c3ccccc3)c2)cc1. The molecule has 3 aromatic carbocycles. The first-order chi connectivity index (χ1) is 11.7. The van der Waals surface area contributed by atoms with E-state index < -0.39 is 0 Å². The molecule has 0 heterocycles. The number of hydrogen-bond acceptors (Lipinski definition) is 0. The van der Waals surface area contributed by atoms with Gasteiger partial charge in [0.05, 0.1) is 0 Å². The molecule has 1 heteroatoms. The molecule has 0 spiro atoms. The van der Waals surface area contributed by atoms with Crippen molar-refractivity contribution < 1.29 is 0 Å². The molecule has 0 nitrogen and oxygen atoms in total. The molecule has 0 N–H and O–H groups in total. The maximum Gasteiger partial charge on any atom is 0.0147 e. The zero-order valence-electron chi connectivity index (χ0n) is 14.3. The second-order valence-corrected chi connectivity index (χ2v) is 8.12. The smallest absolute Gasteiger partial charge is 0.0147 e. The van der Waals surface area contributed by atoms with Crippen LogP contribution < -0.4 is 0 Å². The molecule has 0 radical (unpaired) electrons. The van der Waals surface area contributed by atoms with Crippen LogP contribution in [0.4, 0.5) is 0 Å². The third kappa shape index (κ3) is 4.27. The number of hydrogen-bond donors (Lipinski definition) is 0. The van der Waals surface area contributed by atoms with Gasteiger partial charge in [0.25, 0.3) is 0 Å². The minimum Gasteiger partial charge on any atom is -0.0823 e. The highest BCUT2D eigenvalue weighted by Crippen LogP contribution is 2.28. The highest BCUT2D eigenvalue weighted by molar-refractivity contribution is 14.1. The molecule has 0 fully saturated rings. The fraction of sp³-hybridized carbons (Fsp3) is 0.217. The summed E-state index contributed by atoms with van der Waals surface area (Å²) in [6.07, 6.45) is 2.38. The average molecular weight is 426 g/mol. The summed E-state index contributed by atoms with van der Waals surface area (Å²) in [5.41, 5.74) is 7.87. The van der Waals surface area contributed by atoms with E-state index in [0.717, 1.165) is 10.3 Å². The van der Waals surface area contributed by atoms with E-state index in [1.165, 1.54) is 39.8 Å². The molecular weight excluding hydrogens is 403 g/mol. The Bertz CT molecular complexity index is 788. The first kappa shape index (κ1) is 17.2. The summed E-state index contributed by atoms with van der Waals surface area (Å²) < 4.78 is 0.720. The Morgan fingerprint density at radius 3 is 1.92 bits per heavy atom. The molecule has 1 atom stereocenters. The van der Waals surface area contributed by atoms with Crippen LogP contribution in [0, 0.1) is 6.92 Å². The van der Waals surface area contributed by atoms with Gasteiger partial charge < -0.3 is 0 Å². The zero-order chi connectivity index (χ0) is 16.9. The van der Waals surface area contributed by atoms with Gasteiger partial charge in [0.2, 0.25) is 0 Å². The van der Waals surface area contributed by atoms with Crippen LogP contribution in [0.2, 0.25) is 0 Å². The van der Waals surface area contributed by atoms with Gasteiger partial charge in [-0.2, -0.15) is 0 Å². The van der Waals surface area contributed by atoms with Crippen molar-refractivity contribution in [1.29, 1.82) is 0 Å². The number of aryl methyl sites for hydroxylation is 1. The molecule has 0 aliphatic heterocycles. The summed E-state index contributed by atoms with van der Waals surface area (Å²) >= 11 is 2.54. The summed E-state index contributed by atoms with van der Waals surface area (Å²) in [5.74, 6) is 0. The van der Waals surface area contributed by atoms with Crippen LogP contribution >= 0.6 is 22.6 Å². The van der Waals surface area contributed by atoms with E-state index in [-0.39, 0.29) is 0 Å². The predicted octanol–water partition coefficient (Wildman–Crippen LogP) is 7.09. The van der Waals surface area contributed by atoms with Crippen molar-refractivity contribution in [2.75, 3.05) is 0 Å². The van der Waals surface area contributed by atoms with Crippen molar-refractivity contribution in [3.63, 3.8) is 0 Å². The zero-order valence-corrected chi connectivity index (χ0v) is 16.5. The van der Waals surface area contributed by atoms with Gasteiger partial charge in [-0.1, -0.05) is 96.2 Å². The Balaban J connectivity index is 1.91. The van der Waals surface area contributed by atoms with E-state index in [9.17, 15) is 0 Å². The minimum absolute atomic E-state index is 0.720. The monoisotopic (exact) mass is 426 g/mol. The lowest BCUT2D eigenvalue weighted by atomic mass is 9.95. The molecule has 0 aromatic heterocycles. The number of benzene rings is 3. The van der Waals surface area contributed by atoms with Crippen molar-refractivity contribution in [3.05, 3.63) is 83.9 Å². The third-order valence-electron chi connectivity index (χ3n) is 4.37. The van der Waals surface area contributed by atoms with E-state index in [0.29, 0.717) is 0 Å². The van der Waals surface area contributed by atoms with Gasteiger partial charge in [-0.05, 0) is 59.2 Å². The quantitative estimate of drug-likeness (QED) is 0.302. The lowest BCUT2D eigenvalue weighted by molar-refractivity contribution is 0.845. The van der Waals surface area contributed by atoms with E-state index in [1.807, 2.05) is 0 Å². The standard InChI is InChI=1S/C23H23I/c1-3-23(24)15-18-9-11-20(12-10-18)22-14-17(2)13-21(16-22)19-7-5-4-6-8-19/h4-14,16,23H,3,15H2,1-2H3/t23-/m0/s1. The first-order valence-electron chi connectivity index (χ1n) is 8.56. The molecule has 0 unspecified atom stereocenters. The molecule has 24 heavy (non-hydrogen) atoms. The molecule has 0 saturated heterocycles. The maximum atomic E-state index is 2.54. The van der Waals surface area contributed by atoms with E-state index in [4.69, 9.17) is 0 Å². The Morgan fingerprint density at radius 2 is 1.33 bits per heavy atom. The van der Waals surface area contributed by atoms with Crippen LogP contribution in [0.15, 0.2) is 72.8 Å². The highest BCUT2D eigenvalue weighted by atomic mass is 127. The lowest BCUT2D eigenvalue weighted by Gasteiger charge is -2.10. The van der Waals surface area contributed by atoms with Crippen LogP contribution in [0.25, 0.3) is 22.3 Å². The van der Waals surface area contributed by atoms with Crippen LogP contribution in [0.3, 0.4) is 0 Å². The van der Waals surface area contributed by atoms with Crippen molar-refractivity contribution in [2.45, 2.75) is 30.6 Å². The first-order valence-corrected chi connectivity index (χ1v) is 9.81. The van der Waals surface area contributed by atoms with E-state index >= 15 is 0 Å².